The Morgan fingerprint density at radius 3 is 2.53 bits per heavy atom. The normalized spacial score (nSPS) is 24.5. The SMILES string of the molecule is COC(=O)c1cc(OC(C=O)N(O)C23CC(NC(=O)COc4ccc5c(c4)OC(F)(F)O5)(C2)C3)ccc1Cl. The standard InChI is InChI=1S/C24H21ClF2N2O9/c1-34-21(32)15-6-14(2-4-16(15)25)36-20(8-30)29(33)23-10-22(11-23,12-23)28-19(31)9-35-13-3-5-17-18(7-13)38-24(26,27)37-17/h2-8,20,33H,9-12H2,1H3,(H,28,31). The molecule has 1 unspecified atom stereocenters. The van der Waals surface area contributed by atoms with Gasteiger partial charge in [-0.3, -0.25) is 9.59 Å². The van der Waals surface area contributed by atoms with Crippen LogP contribution in [0.5, 0.6) is 23.0 Å². The maximum absolute atomic E-state index is 13.1. The van der Waals surface area contributed by atoms with E-state index in [-0.39, 0.29) is 40.2 Å². The van der Waals surface area contributed by atoms with Gasteiger partial charge in [-0.05, 0) is 49.6 Å². The number of halogens is 3. The zero-order valence-electron chi connectivity index (χ0n) is 19.7. The van der Waals surface area contributed by atoms with E-state index in [1.54, 1.807) is 0 Å². The number of hydroxylamine groups is 2. The van der Waals surface area contributed by atoms with E-state index in [2.05, 4.69) is 19.5 Å². The lowest BCUT2D eigenvalue weighted by molar-refractivity contribution is -0.324. The first-order chi connectivity index (χ1) is 18.0. The van der Waals surface area contributed by atoms with Crippen LogP contribution in [0.4, 0.5) is 8.78 Å². The van der Waals surface area contributed by atoms with Crippen molar-refractivity contribution in [2.75, 3.05) is 13.7 Å². The zero-order valence-corrected chi connectivity index (χ0v) is 20.5. The molecule has 2 aromatic carbocycles. The average molecular weight is 555 g/mol. The van der Waals surface area contributed by atoms with Gasteiger partial charge in [-0.25, -0.2) is 4.79 Å². The largest absolute Gasteiger partial charge is 0.586 e. The van der Waals surface area contributed by atoms with Crippen LogP contribution in [0.1, 0.15) is 29.6 Å². The molecule has 1 heterocycles. The second-order valence-corrected chi connectivity index (χ2v) is 9.68. The number of alkyl halides is 2. The summed E-state index contributed by atoms with van der Waals surface area (Å²) in [6.07, 6.45) is -3.67. The van der Waals surface area contributed by atoms with E-state index < -0.39 is 35.5 Å². The highest BCUT2D eigenvalue weighted by Crippen LogP contribution is 2.63. The molecule has 14 heteroatoms. The Morgan fingerprint density at radius 1 is 1.16 bits per heavy atom. The molecule has 3 saturated carbocycles. The molecule has 0 radical (unpaired) electrons. The fourth-order valence-corrected chi connectivity index (χ4v) is 5.19. The second-order valence-electron chi connectivity index (χ2n) is 9.27. The Hall–Kier alpha value is -3.68. The maximum atomic E-state index is 13.1. The Morgan fingerprint density at radius 2 is 1.84 bits per heavy atom. The van der Waals surface area contributed by atoms with Gasteiger partial charge in [0.05, 0.1) is 23.2 Å². The predicted molar refractivity (Wildman–Crippen MR) is 122 cm³/mol. The number of nitrogens with zero attached hydrogens (tertiary/aromatic N) is 1. The lowest BCUT2D eigenvalue weighted by Crippen LogP contribution is -2.84. The number of esters is 1. The maximum Gasteiger partial charge on any atom is 0.586 e. The van der Waals surface area contributed by atoms with Gasteiger partial charge < -0.3 is 34.2 Å². The van der Waals surface area contributed by atoms with Crippen molar-refractivity contribution < 1.29 is 52.1 Å². The molecule has 3 aliphatic carbocycles. The van der Waals surface area contributed by atoms with Crippen molar-refractivity contribution in [2.45, 2.75) is 42.9 Å². The Kier molecular flexibility index (Phi) is 6.32. The molecule has 0 spiro atoms. The summed E-state index contributed by atoms with van der Waals surface area (Å²) in [6.45, 7) is -0.382. The Balaban J connectivity index is 1.12. The Labute approximate surface area is 219 Å². The molecular weight excluding hydrogens is 534 g/mol. The van der Waals surface area contributed by atoms with E-state index in [9.17, 15) is 28.4 Å². The van der Waals surface area contributed by atoms with E-state index in [4.69, 9.17) is 21.1 Å². The molecule has 0 aromatic heterocycles. The molecular formula is C24H21ClF2N2O9. The topological polar surface area (TPSA) is 133 Å². The summed E-state index contributed by atoms with van der Waals surface area (Å²) in [4.78, 5) is 35.9. The molecule has 202 valence electrons. The van der Waals surface area contributed by atoms with E-state index in [1.165, 1.54) is 43.5 Å². The van der Waals surface area contributed by atoms with Gasteiger partial charge in [-0.1, -0.05) is 11.6 Å². The molecule has 1 aliphatic heterocycles. The number of aldehydes is 1. The third-order valence-electron chi connectivity index (χ3n) is 6.59. The zero-order chi connectivity index (χ0) is 27.3. The first kappa shape index (κ1) is 25.9. The van der Waals surface area contributed by atoms with Gasteiger partial charge in [0, 0.05) is 11.6 Å². The third-order valence-corrected chi connectivity index (χ3v) is 6.92. The lowest BCUT2D eigenvalue weighted by Gasteiger charge is -2.72. The molecule has 1 atom stereocenters. The van der Waals surface area contributed by atoms with Crippen LogP contribution in [0.3, 0.4) is 0 Å². The second kappa shape index (κ2) is 9.26. The fraction of sp³-hybridized carbons (Fsp3) is 0.375. The number of nitrogens with one attached hydrogen (secondary N) is 1. The predicted octanol–water partition coefficient (Wildman–Crippen LogP) is 2.91. The number of benzene rings is 2. The van der Waals surface area contributed by atoms with E-state index in [0.29, 0.717) is 25.5 Å². The molecule has 0 saturated heterocycles. The number of hydrogen-bond acceptors (Lipinski definition) is 10. The van der Waals surface area contributed by atoms with E-state index in [1.807, 2.05) is 0 Å². The highest BCUT2D eigenvalue weighted by Gasteiger charge is 2.72. The van der Waals surface area contributed by atoms with Gasteiger partial charge >= 0.3 is 12.3 Å². The summed E-state index contributed by atoms with van der Waals surface area (Å²) >= 11 is 5.99. The molecule has 3 fully saturated rings. The summed E-state index contributed by atoms with van der Waals surface area (Å²) in [6, 6.07) is 7.94. The highest BCUT2D eigenvalue weighted by atomic mass is 35.5. The van der Waals surface area contributed by atoms with Crippen molar-refractivity contribution in [2.24, 2.45) is 0 Å². The number of hydrogen-bond donors (Lipinski definition) is 2. The number of carbonyl (C=O) groups is 3. The summed E-state index contributed by atoms with van der Waals surface area (Å²) in [7, 11) is 1.19. The number of carbonyl (C=O) groups excluding carboxylic acids is 3. The first-order valence-corrected chi connectivity index (χ1v) is 11.7. The van der Waals surface area contributed by atoms with Crippen molar-refractivity contribution in [1.82, 2.24) is 10.4 Å². The van der Waals surface area contributed by atoms with Gasteiger partial charge in [0.2, 0.25) is 6.23 Å². The number of rotatable bonds is 10. The molecule has 2 bridgehead atoms. The van der Waals surface area contributed by atoms with Crippen LogP contribution in [0.15, 0.2) is 36.4 Å². The van der Waals surface area contributed by atoms with Crippen molar-refractivity contribution in [3.05, 3.63) is 47.0 Å². The van der Waals surface area contributed by atoms with Crippen LogP contribution in [-0.2, 0) is 14.3 Å². The first-order valence-electron chi connectivity index (χ1n) is 11.3. The van der Waals surface area contributed by atoms with Gasteiger partial charge in [-0.2, -0.15) is 0 Å². The Bertz CT molecular complexity index is 1290. The molecule has 6 rings (SSSR count). The summed E-state index contributed by atoms with van der Waals surface area (Å²) in [5, 5.41) is 14.5. The molecule has 11 nitrogen and oxygen atoms in total. The van der Waals surface area contributed by atoms with E-state index >= 15 is 0 Å². The molecule has 2 N–H and O–H groups in total. The third kappa shape index (κ3) is 4.68. The number of amides is 1. The van der Waals surface area contributed by atoms with Gasteiger partial charge in [-0.15, -0.1) is 13.8 Å². The van der Waals surface area contributed by atoms with Gasteiger partial charge in [0.25, 0.3) is 5.91 Å². The number of fused-ring (bicyclic) bond motifs is 1. The smallest absolute Gasteiger partial charge is 0.484 e. The van der Waals surface area contributed by atoms with E-state index in [0.717, 1.165) is 5.06 Å². The minimum absolute atomic E-state index is 0.0360. The van der Waals surface area contributed by atoms with Crippen molar-refractivity contribution >= 4 is 29.8 Å². The van der Waals surface area contributed by atoms with Crippen molar-refractivity contribution in [3.63, 3.8) is 0 Å². The molecule has 4 aliphatic rings. The van der Waals surface area contributed by atoms with Crippen molar-refractivity contribution in [1.29, 1.82) is 0 Å². The van der Waals surface area contributed by atoms with Crippen LogP contribution in [-0.4, -0.2) is 65.8 Å². The average Bonchev–Trinajstić information content (AvgIpc) is 3.15. The van der Waals surface area contributed by atoms with Crippen LogP contribution in [0.2, 0.25) is 5.02 Å². The monoisotopic (exact) mass is 554 g/mol. The van der Waals surface area contributed by atoms with Gasteiger partial charge in [0.1, 0.15) is 11.5 Å². The summed E-state index contributed by atoms with van der Waals surface area (Å²) < 4.78 is 50.6. The minimum atomic E-state index is -3.76. The quantitative estimate of drug-likeness (QED) is 0.195. The van der Waals surface area contributed by atoms with Crippen LogP contribution in [0.25, 0.3) is 0 Å². The minimum Gasteiger partial charge on any atom is -0.484 e. The number of ether oxygens (including phenoxy) is 5. The van der Waals surface area contributed by atoms with Crippen LogP contribution < -0.4 is 24.3 Å². The number of methoxy groups -OCH3 is 1. The fourth-order valence-electron chi connectivity index (χ4n) is 5.00. The molecule has 2 aromatic rings. The van der Waals surface area contributed by atoms with Crippen LogP contribution >= 0.6 is 11.6 Å². The van der Waals surface area contributed by atoms with Crippen LogP contribution in [0, 0.1) is 0 Å². The van der Waals surface area contributed by atoms with Crippen molar-refractivity contribution in [3.8, 4) is 23.0 Å². The highest BCUT2D eigenvalue weighted by molar-refractivity contribution is 6.33. The molecule has 38 heavy (non-hydrogen) atoms. The lowest BCUT2D eigenvalue weighted by atomic mass is 9.44. The summed E-state index contributed by atoms with van der Waals surface area (Å²) in [5.41, 5.74) is -1.32. The molecule has 1 amide bonds. The summed E-state index contributed by atoms with van der Waals surface area (Å²) in [5.74, 6) is -1.23. The van der Waals surface area contributed by atoms with Gasteiger partial charge in [0.15, 0.2) is 24.4 Å².